The van der Waals surface area contributed by atoms with E-state index in [1.807, 2.05) is 30.7 Å². The predicted molar refractivity (Wildman–Crippen MR) is 112 cm³/mol. The van der Waals surface area contributed by atoms with E-state index in [4.69, 9.17) is 27.9 Å². The SMILES string of the molecule is C[C@H](Oc1ccccc1Cl)c1nnc(SCC(=O)Nc2ccc(Cl)cc2)n1C. The highest BCUT2D eigenvalue weighted by Gasteiger charge is 2.18. The van der Waals surface area contributed by atoms with Crippen molar-refractivity contribution in [2.45, 2.75) is 18.2 Å². The molecule has 0 aliphatic carbocycles. The molecule has 2 aromatic carbocycles. The number of hydrogen-bond donors (Lipinski definition) is 1. The Labute approximate surface area is 177 Å². The van der Waals surface area contributed by atoms with Crippen LogP contribution in [0.2, 0.25) is 10.0 Å². The average Bonchev–Trinajstić information content (AvgIpc) is 3.04. The molecular formula is C19H18Cl2N4O2S. The lowest BCUT2D eigenvalue weighted by Gasteiger charge is -2.15. The number of nitrogens with zero attached hydrogens (tertiary/aromatic N) is 3. The van der Waals surface area contributed by atoms with Gasteiger partial charge in [0.1, 0.15) is 5.75 Å². The van der Waals surface area contributed by atoms with Crippen molar-refractivity contribution in [3.63, 3.8) is 0 Å². The van der Waals surface area contributed by atoms with Crippen molar-refractivity contribution in [3.8, 4) is 5.75 Å². The fourth-order valence-electron chi connectivity index (χ4n) is 2.45. The van der Waals surface area contributed by atoms with Crippen LogP contribution in [-0.2, 0) is 11.8 Å². The van der Waals surface area contributed by atoms with Crippen molar-refractivity contribution in [2.24, 2.45) is 7.05 Å². The molecule has 0 spiro atoms. The lowest BCUT2D eigenvalue weighted by Crippen LogP contribution is -2.14. The minimum absolute atomic E-state index is 0.141. The largest absolute Gasteiger partial charge is 0.481 e. The summed E-state index contributed by atoms with van der Waals surface area (Å²) in [5.41, 5.74) is 0.690. The molecular weight excluding hydrogens is 419 g/mol. The Kier molecular flexibility index (Phi) is 6.83. The summed E-state index contributed by atoms with van der Waals surface area (Å²) in [7, 11) is 1.83. The van der Waals surface area contributed by atoms with E-state index in [9.17, 15) is 4.79 Å². The molecule has 0 fully saturated rings. The molecule has 1 amide bonds. The number of amides is 1. The van der Waals surface area contributed by atoms with E-state index in [1.54, 1.807) is 36.4 Å². The number of nitrogens with one attached hydrogen (secondary N) is 1. The number of carbonyl (C=O) groups is 1. The number of thioether (sulfide) groups is 1. The molecule has 0 saturated heterocycles. The van der Waals surface area contributed by atoms with E-state index in [2.05, 4.69) is 15.5 Å². The summed E-state index contributed by atoms with van der Waals surface area (Å²) in [4.78, 5) is 12.1. The molecule has 0 aliphatic heterocycles. The second-order valence-electron chi connectivity index (χ2n) is 5.93. The molecule has 3 aromatic rings. The number of halogens is 2. The van der Waals surface area contributed by atoms with Gasteiger partial charge in [0, 0.05) is 17.8 Å². The Bertz CT molecular complexity index is 963. The van der Waals surface area contributed by atoms with Crippen LogP contribution in [0.1, 0.15) is 18.9 Å². The van der Waals surface area contributed by atoms with Gasteiger partial charge < -0.3 is 14.6 Å². The quantitative estimate of drug-likeness (QED) is 0.528. The van der Waals surface area contributed by atoms with Gasteiger partial charge in [0.25, 0.3) is 0 Å². The van der Waals surface area contributed by atoms with Crippen LogP contribution in [-0.4, -0.2) is 26.4 Å². The van der Waals surface area contributed by atoms with Crippen LogP contribution in [0, 0.1) is 0 Å². The fourth-order valence-corrected chi connectivity index (χ4v) is 3.47. The topological polar surface area (TPSA) is 69.0 Å². The smallest absolute Gasteiger partial charge is 0.234 e. The first-order valence-electron chi connectivity index (χ1n) is 8.42. The van der Waals surface area contributed by atoms with Gasteiger partial charge in [-0.3, -0.25) is 4.79 Å². The minimum atomic E-state index is -0.352. The summed E-state index contributed by atoms with van der Waals surface area (Å²) >= 11 is 13.3. The first-order valence-corrected chi connectivity index (χ1v) is 10.2. The molecule has 1 heterocycles. The van der Waals surface area contributed by atoms with E-state index in [-0.39, 0.29) is 17.8 Å². The van der Waals surface area contributed by atoms with Gasteiger partial charge in [0.05, 0.1) is 10.8 Å². The monoisotopic (exact) mass is 436 g/mol. The minimum Gasteiger partial charge on any atom is -0.481 e. The van der Waals surface area contributed by atoms with Crippen molar-refractivity contribution in [3.05, 3.63) is 64.4 Å². The summed E-state index contributed by atoms with van der Waals surface area (Å²) in [6.07, 6.45) is -0.352. The molecule has 1 aromatic heterocycles. The molecule has 146 valence electrons. The van der Waals surface area contributed by atoms with Crippen LogP contribution in [0.25, 0.3) is 0 Å². The van der Waals surface area contributed by atoms with Gasteiger partial charge >= 0.3 is 0 Å². The number of hydrogen-bond acceptors (Lipinski definition) is 5. The summed E-state index contributed by atoms with van der Waals surface area (Å²) in [5.74, 6) is 1.28. The Morgan fingerprint density at radius 3 is 2.61 bits per heavy atom. The number of rotatable bonds is 7. The Hall–Kier alpha value is -2.22. The number of para-hydroxylation sites is 1. The van der Waals surface area contributed by atoms with Crippen molar-refractivity contribution in [2.75, 3.05) is 11.1 Å². The highest BCUT2D eigenvalue weighted by atomic mass is 35.5. The summed E-state index contributed by atoms with van der Waals surface area (Å²) in [6.45, 7) is 1.87. The van der Waals surface area contributed by atoms with Crippen LogP contribution in [0.4, 0.5) is 5.69 Å². The molecule has 0 radical (unpaired) electrons. The van der Waals surface area contributed by atoms with Crippen LogP contribution >= 0.6 is 35.0 Å². The predicted octanol–water partition coefficient (Wildman–Crippen LogP) is 4.99. The second-order valence-corrected chi connectivity index (χ2v) is 7.72. The molecule has 0 unspecified atom stereocenters. The molecule has 1 atom stereocenters. The van der Waals surface area contributed by atoms with Gasteiger partial charge in [-0.2, -0.15) is 0 Å². The van der Waals surface area contributed by atoms with Gasteiger partial charge in [-0.05, 0) is 43.3 Å². The fraction of sp³-hybridized carbons (Fsp3) is 0.211. The van der Waals surface area contributed by atoms with Crippen molar-refractivity contribution < 1.29 is 9.53 Å². The molecule has 1 N–H and O–H groups in total. The first-order chi connectivity index (χ1) is 13.4. The van der Waals surface area contributed by atoms with Crippen molar-refractivity contribution >= 4 is 46.6 Å². The van der Waals surface area contributed by atoms with E-state index in [0.717, 1.165) is 0 Å². The maximum absolute atomic E-state index is 12.1. The van der Waals surface area contributed by atoms with Gasteiger partial charge in [-0.1, -0.05) is 47.1 Å². The van der Waals surface area contributed by atoms with E-state index in [1.165, 1.54) is 11.8 Å². The Morgan fingerprint density at radius 1 is 1.18 bits per heavy atom. The molecule has 3 rings (SSSR count). The van der Waals surface area contributed by atoms with Gasteiger partial charge in [0.15, 0.2) is 17.1 Å². The second kappa shape index (κ2) is 9.32. The van der Waals surface area contributed by atoms with Crippen LogP contribution in [0.3, 0.4) is 0 Å². The number of anilines is 1. The zero-order valence-corrected chi connectivity index (χ0v) is 17.6. The number of aromatic nitrogens is 3. The molecule has 0 aliphatic rings. The molecule has 0 bridgehead atoms. The Morgan fingerprint density at radius 2 is 1.89 bits per heavy atom. The van der Waals surface area contributed by atoms with E-state index < -0.39 is 0 Å². The third-order valence-electron chi connectivity index (χ3n) is 3.83. The number of benzene rings is 2. The average molecular weight is 437 g/mol. The zero-order chi connectivity index (χ0) is 20.1. The summed E-state index contributed by atoms with van der Waals surface area (Å²) in [6, 6.07) is 14.2. The third-order valence-corrected chi connectivity index (χ3v) is 5.42. The van der Waals surface area contributed by atoms with Crippen LogP contribution in [0.15, 0.2) is 53.7 Å². The number of carbonyl (C=O) groups excluding carboxylic acids is 1. The standard InChI is InChI=1S/C19H18Cl2N4O2S/c1-12(27-16-6-4-3-5-15(16)21)18-23-24-19(25(18)2)28-11-17(26)22-14-9-7-13(20)8-10-14/h3-10,12H,11H2,1-2H3,(H,22,26)/t12-/m0/s1. The Balaban J connectivity index is 1.58. The van der Waals surface area contributed by atoms with Crippen LogP contribution in [0.5, 0.6) is 5.75 Å². The maximum atomic E-state index is 12.1. The normalized spacial score (nSPS) is 11.9. The molecule has 0 saturated carbocycles. The van der Waals surface area contributed by atoms with Gasteiger partial charge in [-0.15, -0.1) is 10.2 Å². The lowest BCUT2D eigenvalue weighted by molar-refractivity contribution is -0.113. The zero-order valence-electron chi connectivity index (χ0n) is 15.2. The lowest BCUT2D eigenvalue weighted by atomic mass is 10.3. The highest BCUT2D eigenvalue weighted by molar-refractivity contribution is 7.99. The molecule has 9 heteroatoms. The highest BCUT2D eigenvalue weighted by Crippen LogP contribution is 2.29. The van der Waals surface area contributed by atoms with Crippen LogP contribution < -0.4 is 10.1 Å². The number of ether oxygens (including phenoxy) is 1. The van der Waals surface area contributed by atoms with Gasteiger partial charge in [-0.25, -0.2) is 0 Å². The first kappa shape index (κ1) is 20.5. The summed E-state index contributed by atoms with van der Waals surface area (Å²) < 4.78 is 7.69. The van der Waals surface area contributed by atoms with Crippen molar-refractivity contribution in [1.29, 1.82) is 0 Å². The maximum Gasteiger partial charge on any atom is 0.234 e. The van der Waals surface area contributed by atoms with E-state index >= 15 is 0 Å². The van der Waals surface area contributed by atoms with Gasteiger partial charge in [0.2, 0.25) is 5.91 Å². The van der Waals surface area contributed by atoms with E-state index in [0.29, 0.717) is 32.5 Å². The van der Waals surface area contributed by atoms with Crippen molar-refractivity contribution in [1.82, 2.24) is 14.8 Å². The molecule has 28 heavy (non-hydrogen) atoms. The summed E-state index contributed by atoms with van der Waals surface area (Å²) in [5, 5.41) is 12.9. The third kappa shape index (κ3) is 5.19. The molecule has 6 nitrogen and oxygen atoms in total.